The molecular formula is C62H71F5N12O6S2. The smallest absolute Gasteiger partial charge is 0.417 e. The van der Waals surface area contributed by atoms with E-state index in [2.05, 4.69) is 41.0 Å². The van der Waals surface area contributed by atoms with E-state index in [4.69, 9.17) is 19.4 Å². The number of nitrogens with one attached hydrogen (secondary N) is 4. The standard InChI is InChI=1S/C62H71F5N12O6S2/c1-33-20-43-42(24-71-76-43)46(48(33)62(65,66)67)49-51-41(13-17-68-49)47-53(78-25-38-10-11-39(26-78)72-38)74-57(75-55(47)87-51)84-31-59(29-61(59,63)64)30-77-18-15-60(16-19-77)14-12-36(28-85-60)21-45(81)73-52(58(3,4)5)56(83)79-27-40(80)22-44(79)54(82)69-23-35-6-8-37(9-7-35)50-34(2)70-32-86-50/h6-9,13,17,20,24,32,36,38-40,44,52,72,80H,10-12,14-16,18-19,21-23,25-31H2,1-5H3,(H,69,82)(H,71,76)(H,73,81)/t36-,38?,39?,40+,44-,52+,59+/m0/s1. The van der Waals surface area contributed by atoms with E-state index in [0.29, 0.717) is 90.1 Å². The maximum absolute atomic E-state index is 15.8. The van der Waals surface area contributed by atoms with E-state index < -0.39 is 58.2 Å². The first kappa shape index (κ1) is 59.5. The van der Waals surface area contributed by atoms with Crippen LogP contribution in [0.3, 0.4) is 0 Å². The largest absolute Gasteiger partial charge is 0.462 e. The molecule has 5 aliphatic heterocycles. The van der Waals surface area contributed by atoms with Crippen LogP contribution in [0.1, 0.15) is 101 Å². The van der Waals surface area contributed by atoms with Gasteiger partial charge in [-0.15, -0.1) is 22.7 Å². The highest BCUT2D eigenvalue weighted by Crippen LogP contribution is 2.61. The summed E-state index contributed by atoms with van der Waals surface area (Å²) in [4.78, 5) is 67.7. The van der Waals surface area contributed by atoms with Crippen molar-refractivity contribution < 1.29 is 50.9 Å². The Kier molecular flexibility index (Phi) is 15.4. The summed E-state index contributed by atoms with van der Waals surface area (Å²) in [6.07, 6.45) is 1.63. The predicted molar refractivity (Wildman–Crippen MR) is 321 cm³/mol. The number of aliphatic hydroxyl groups excluding tert-OH is 1. The fourth-order valence-corrected chi connectivity index (χ4v) is 16.0. The first-order valence-electron chi connectivity index (χ1n) is 30.0. The number of carbonyl (C=O) groups excluding carboxylic acids is 3. The SMILES string of the molecule is Cc1cc2[nH]ncc2c(-c2nccc3c2sc2nc(OC[C@]4(CN5CCC6(CC[C@@H](CC(=O)N[C@H](C(=O)N7C[C@H](O)C[C@H]7C(=O)NCc7ccc(-c8scnc8C)cc7)C(C)(C)C)CO6)CC5)CC4(F)F)nc(N4CC5CCC(C4)N5)c23)c1C(F)(F)F. The molecule has 10 heterocycles. The van der Waals surface area contributed by atoms with Gasteiger partial charge in [-0.1, -0.05) is 45.0 Å². The van der Waals surface area contributed by atoms with Crippen LogP contribution in [0.2, 0.25) is 0 Å². The number of aromatic nitrogens is 6. The van der Waals surface area contributed by atoms with Crippen molar-refractivity contribution in [1.29, 1.82) is 0 Å². The van der Waals surface area contributed by atoms with E-state index in [0.717, 1.165) is 34.5 Å². The Bertz CT molecular complexity index is 3760. The number of nitrogens with zero attached hydrogens (tertiary/aromatic N) is 8. The van der Waals surface area contributed by atoms with E-state index >= 15 is 8.78 Å². The number of fused-ring (bicyclic) bond motifs is 6. The molecule has 25 heteroatoms. The van der Waals surface area contributed by atoms with Crippen LogP contribution < -0.4 is 25.6 Å². The quantitative estimate of drug-likeness (QED) is 0.0605. The summed E-state index contributed by atoms with van der Waals surface area (Å²) in [6.45, 7) is 11.4. The van der Waals surface area contributed by atoms with Gasteiger partial charge in [0.25, 0.3) is 5.92 Å². The molecule has 7 aromatic rings. The van der Waals surface area contributed by atoms with Crippen LogP contribution in [-0.2, 0) is 31.8 Å². The van der Waals surface area contributed by atoms with Crippen molar-refractivity contribution in [2.75, 3.05) is 57.4 Å². The maximum Gasteiger partial charge on any atom is 0.417 e. The molecule has 3 amide bonds. The van der Waals surface area contributed by atoms with E-state index in [1.165, 1.54) is 41.6 Å². The van der Waals surface area contributed by atoms with Crippen molar-refractivity contribution in [3.63, 3.8) is 0 Å². The molecule has 6 aliphatic rings. The zero-order valence-corrected chi connectivity index (χ0v) is 50.8. The Hall–Kier alpha value is -6.51. The number of alkyl halides is 5. The Morgan fingerprint density at radius 2 is 1.71 bits per heavy atom. The number of thiophene rings is 1. The number of amides is 3. The van der Waals surface area contributed by atoms with Gasteiger partial charge in [-0.2, -0.15) is 28.2 Å². The minimum absolute atomic E-state index is 0.0211. The second-order valence-electron chi connectivity index (χ2n) is 26.2. The fraction of sp³-hybridized carbons (Fsp3) is 0.548. The molecule has 13 rings (SSSR count). The molecule has 7 atom stereocenters. The van der Waals surface area contributed by atoms with E-state index in [1.54, 1.807) is 22.9 Å². The zero-order valence-electron chi connectivity index (χ0n) is 49.2. The summed E-state index contributed by atoms with van der Waals surface area (Å²) in [5, 5.41) is 28.8. The van der Waals surface area contributed by atoms with E-state index in [-0.39, 0.29) is 104 Å². The van der Waals surface area contributed by atoms with Gasteiger partial charge in [0.1, 0.15) is 29.3 Å². The number of ether oxygens (including phenoxy) is 2. The third-order valence-electron chi connectivity index (χ3n) is 19.0. The lowest BCUT2D eigenvalue weighted by Gasteiger charge is -2.46. The third-order valence-corrected chi connectivity index (χ3v) is 21.1. The number of aromatic amines is 1. The topological polar surface area (TPSA) is 216 Å². The summed E-state index contributed by atoms with van der Waals surface area (Å²) in [6, 6.07) is 9.46. The van der Waals surface area contributed by atoms with Crippen LogP contribution in [0, 0.1) is 30.6 Å². The number of β-amino-alcohol motifs (C(OH)–C–C–N with tert-alkyl or cyclic N) is 1. The Morgan fingerprint density at radius 1 is 0.966 bits per heavy atom. The number of likely N-dealkylation sites (tertiary alicyclic amines) is 2. The van der Waals surface area contributed by atoms with Gasteiger partial charge in [0, 0.05) is 99.7 Å². The molecule has 462 valence electrons. The van der Waals surface area contributed by atoms with Crippen molar-refractivity contribution >= 4 is 77.4 Å². The van der Waals surface area contributed by atoms with Crippen molar-refractivity contribution in [2.24, 2.45) is 16.7 Å². The second kappa shape index (κ2) is 22.5. The van der Waals surface area contributed by atoms with Gasteiger partial charge in [-0.3, -0.25) is 24.5 Å². The van der Waals surface area contributed by atoms with Crippen LogP contribution in [0.15, 0.2) is 54.3 Å². The summed E-state index contributed by atoms with van der Waals surface area (Å²) < 4.78 is 90.0. The lowest BCUT2D eigenvalue weighted by molar-refractivity contribution is -0.146. The van der Waals surface area contributed by atoms with Gasteiger partial charge >= 0.3 is 12.2 Å². The third kappa shape index (κ3) is 11.5. The number of H-pyrrole nitrogens is 1. The summed E-state index contributed by atoms with van der Waals surface area (Å²) in [7, 11) is 0. The molecule has 1 saturated carbocycles. The van der Waals surface area contributed by atoms with E-state index in [1.807, 2.05) is 56.9 Å². The van der Waals surface area contributed by atoms with Crippen molar-refractivity contribution in [3.8, 4) is 27.7 Å². The average Bonchev–Trinajstić information content (AvgIpc) is 1.61. The molecule has 1 aliphatic carbocycles. The van der Waals surface area contributed by atoms with E-state index in [9.17, 15) is 32.7 Å². The predicted octanol–water partition coefficient (Wildman–Crippen LogP) is 9.35. The average molecular weight is 1240 g/mol. The molecule has 2 bridgehead atoms. The number of hydrogen-bond acceptors (Lipinski definition) is 16. The van der Waals surface area contributed by atoms with Gasteiger partial charge in [-0.25, -0.2) is 13.8 Å². The number of benzene rings is 2. The lowest BCUT2D eigenvalue weighted by atomic mass is 9.80. The molecule has 0 radical (unpaired) electrons. The highest BCUT2D eigenvalue weighted by Gasteiger charge is 2.72. The number of pyridine rings is 1. The number of anilines is 1. The molecule has 6 fully saturated rings. The molecule has 87 heavy (non-hydrogen) atoms. The van der Waals surface area contributed by atoms with Crippen molar-refractivity contribution in [2.45, 2.75) is 147 Å². The number of halogens is 5. The number of thiazole rings is 1. The summed E-state index contributed by atoms with van der Waals surface area (Å²) >= 11 is 2.74. The van der Waals surface area contributed by atoms with Crippen LogP contribution in [0.5, 0.6) is 6.01 Å². The molecule has 1 spiro atoms. The number of hydrogen-bond donors (Lipinski definition) is 5. The number of aliphatic hydroxyl groups is 1. The number of piperidine rings is 1. The lowest BCUT2D eigenvalue weighted by Crippen LogP contribution is -2.58. The molecule has 2 unspecified atom stereocenters. The molecule has 5 N–H and O–H groups in total. The monoisotopic (exact) mass is 1240 g/mol. The molecule has 5 aromatic heterocycles. The van der Waals surface area contributed by atoms with Gasteiger partial charge in [0.2, 0.25) is 17.7 Å². The van der Waals surface area contributed by atoms with Crippen LogP contribution in [0.25, 0.3) is 52.9 Å². The van der Waals surface area contributed by atoms with Crippen molar-refractivity contribution in [3.05, 3.63) is 76.7 Å². The number of rotatable bonds is 15. The van der Waals surface area contributed by atoms with Crippen molar-refractivity contribution in [1.82, 2.24) is 55.9 Å². The Labute approximate surface area is 507 Å². The van der Waals surface area contributed by atoms with Gasteiger partial charge < -0.3 is 45.2 Å². The normalized spacial score (nSPS) is 25.0. The first-order valence-corrected chi connectivity index (χ1v) is 31.7. The highest BCUT2D eigenvalue weighted by atomic mass is 32.1. The summed E-state index contributed by atoms with van der Waals surface area (Å²) in [5.74, 6) is -3.74. The Balaban J connectivity index is 0.639. The Morgan fingerprint density at radius 3 is 2.38 bits per heavy atom. The first-order chi connectivity index (χ1) is 41.4. The van der Waals surface area contributed by atoms with Crippen LogP contribution in [-0.4, -0.2) is 157 Å². The minimum Gasteiger partial charge on any atom is -0.462 e. The fourth-order valence-electron chi connectivity index (χ4n) is 14.1. The maximum atomic E-state index is 15.8. The minimum atomic E-state index is -4.71. The number of carbonyl (C=O) groups is 3. The second-order valence-corrected chi connectivity index (χ2v) is 28.1. The molecule has 5 saturated heterocycles. The van der Waals surface area contributed by atoms with Crippen LogP contribution >= 0.6 is 22.7 Å². The van der Waals surface area contributed by atoms with Gasteiger partial charge in [0.15, 0.2) is 0 Å². The van der Waals surface area contributed by atoms with Gasteiger partial charge in [0.05, 0.1) is 72.9 Å². The number of piperazine rings is 1. The van der Waals surface area contributed by atoms with Crippen LogP contribution in [0.4, 0.5) is 27.8 Å². The van der Waals surface area contributed by atoms with Gasteiger partial charge in [-0.05, 0) is 92.5 Å². The molecule has 18 nitrogen and oxygen atoms in total. The molecule has 2 aromatic carbocycles. The summed E-state index contributed by atoms with van der Waals surface area (Å²) in [5.41, 5.74) is 1.65. The number of aryl methyl sites for hydroxylation is 2. The molecular weight excluding hydrogens is 1170 g/mol. The zero-order chi connectivity index (χ0) is 61.0. The highest BCUT2D eigenvalue weighted by molar-refractivity contribution is 7.26.